The van der Waals surface area contributed by atoms with Crippen molar-refractivity contribution in [1.29, 1.82) is 0 Å². The van der Waals surface area contributed by atoms with Crippen molar-refractivity contribution in [3.63, 3.8) is 0 Å². The van der Waals surface area contributed by atoms with Crippen molar-refractivity contribution in [3.8, 4) is 0 Å². The number of amides is 1. The summed E-state index contributed by atoms with van der Waals surface area (Å²) in [6.45, 7) is 12.3. The SMILES string of the molecule is CC(N)CCC(=O)N1CCN(C(C)(C)C)CC1. The zero-order valence-corrected chi connectivity index (χ0v) is 11.7. The molecule has 0 aromatic rings. The molecule has 0 saturated carbocycles. The lowest BCUT2D eigenvalue weighted by Crippen LogP contribution is -2.54. The Balaban J connectivity index is 2.34. The topological polar surface area (TPSA) is 49.6 Å². The highest BCUT2D eigenvalue weighted by atomic mass is 16.2. The highest BCUT2D eigenvalue weighted by Gasteiger charge is 2.27. The van der Waals surface area contributed by atoms with Crippen LogP contribution in [-0.4, -0.2) is 53.5 Å². The first-order valence-electron chi connectivity index (χ1n) is 6.59. The van der Waals surface area contributed by atoms with Crippen LogP contribution in [0.1, 0.15) is 40.5 Å². The predicted molar refractivity (Wildman–Crippen MR) is 70.8 cm³/mol. The number of piperazine rings is 1. The number of hydrogen-bond donors (Lipinski definition) is 1. The van der Waals surface area contributed by atoms with Gasteiger partial charge in [0.15, 0.2) is 0 Å². The molecule has 1 saturated heterocycles. The van der Waals surface area contributed by atoms with Crippen LogP contribution in [0.25, 0.3) is 0 Å². The van der Waals surface area contributed by atoms with E-state index in [1.165, 1.54) is 0 Å². The fourth-order valence-corrected chi connectivity index (χ4v) is 2.14. The normalized spacial score (nSPS) is 20.4. The molecule has 1 amide bonds. The molecular weight excluding hydrogens is 214 g/mol. The first-order chi connectivity index (χ1) is 7.80. The molecule has 17 heavy (non-hydrogen) atoms. The summed E-state index contributed by atoms with van der Waals surface area (Å²) < 4.78 is 0. The molecule has 1 aliphatic rings. The summed E-state index contributed by atoms with van der Waals surface area (Å²) in [6, 6.07) is 0.120. The van der Waals surface area contributed by atoms with Gasteiger partial charge in [0, 0.05) is 44.2 Å². The Bertz CT molecular complexity index is 250. The molecule has 0 spiro atoms. The largest absolute Gasteiger partial charge is 0.340 e. The van der Waals surface area contributed by atoms with Gasteiger partial charge in [0.25, 0.3) is 0 Å². The average Bonchev–Trinajstić information content (AvgIpc) is 2.25. The van der Waals surface area contributed by atoms with Crippen molar-refractivity contribution < 1.29 is 4.79 Å². The van der Waals surface area contributed by atoms with E-state index in [-0.39, 0.29) is 17.5 Å². The summed E-state index contributed by atoms with van der Waals surface area (Å²) in [5, 5.41) is 0. The minimum Gasteiger partial charge on any atom is -0.340 e. The standard InChI is InChI=1S/C13H27N3O/c1-11(14)5-6-12(17)15-7-9-16(10-8-15)13(2,3)4/h11H,5-10,14H2,1-4H3. The highest BCUT2D eigenvalue weighted by molar-refractivity contribution is 5.76. The van der Waals surface area contributed by atoms with Crippen molar-refractivity contribution >= 4 is 5.91 Å². The van der Waals surface area contributed by atoms with E-state index in [1.807, 2.05) is 11.8 Å². The van der Waals surface area contributed by atoms with Crippen molar-refractivity contribution in [2.24, 2.45) is 5.73 Å². The zero-order valence-electron chi connectivity index (χ0n) is 11.7. The second kappa shape index (κ2) is 5.83. The van der Waals surface area contributed by atoms with Crippen LogP contribution in [0.5, 0.6) is 0 Å². The predicted octanol–water partition coefficient (Wildman–Crippen LogP) is 1.06. The number of hydrogen-bond acceptors (Lipinski definition) is 3. The Hall–Kier alpha value is -0.610. The van der Waals surface area contributed by atoms with Crippen LogP contribution in [0.3, 0.4) is 0 Å². The third-order valence-electron chi connectivity index (χ3n) is 3.39. The van der Waals surface area contributed by atoms with Crippen LogP contribution in [-0.2, 0) is 4.79 Å². The lowest BCUT2D eigenvalue weighted by Gasteiger charge is -2.42. The van der Waals surface area contributed by atoms with Gasteiger partial charge in [-0.05, 0) is 34.1 Å². The van der Waals surface area contributed by atoms with E-state index < -0.39 is 0 Å². The maximum Gasteiger partial charge on any atom is 0.222 e. The van der Waals surface area contributed by atoms with Gasteiger partial charge in [-0.3, -0.25) is 9.69 Å². The van der Waals surface area contributed by atoms with E-state index in [9.17, 15) is 4.79 Å². The molecule has 100 valence electrons. The van der Waals surface area contributed by atoms with E-state index in [1.54, 1.807) is 0 Å². The molecule has 4 heteroatoms. The van der Waals surface area contributed by atoms with Gasteiger partial charge in [-0.15, -0.1) is 0 Å². The lowest BCUT2D eigenvalue weighted by molar-refractivity contribution is -0.133. The quantitative estimate of drug-likeness (QED) is 0.803. The smallest absolute Gasteiger partial charge is 0.222 e. The summed E-state index contributed by atoms with van der Waals surface area (Å²) in [5.74, 6) is 0.260. The molecule has 4 nitrogen and oxygen atoms in total. The second-order valence-electron chi connectivity index (χ2n) is 6.05. The molecule has 0 bridgehead atoms. The van der Waals surface area contributed by atoms with E-state index in [2.05, 4.69) is 25.7 Å². The van der Waals surface area contributed by atoms with Gasteiger partial charge in [-0.1, -0.05) is 0 Å². The van der Waals surface area contributed by atoms with Gasteiger partial charge in [0.05, 0.1) is 0 Å². The fraction of sp³-hybridized carbons (Fsp3) is 0.923. The molecule has 2 N–H and O–H groups in total. The minimum absolute atomic E-state index is 0.120. The third kappa shape index (κ3) is 4.64. The average molecular weight is 241 g/mol. The second-order valence-corrected chi connectivity index (χ2v) is 6.05. The van der Waals surface area contributed by atoms with Crippen LogP contribution >= 0.6 is 0 Å². The molecule has 0 aliphatic carbocycles. The lowest BCUT2D eigenvalue weighted by atomic mass is 10.0. The Morgan fingerprint density at radius 3 is 2.18 bits per heavy atom. The molecule has 1 atom stereocenters. The third-order valence-corrected chi connectivity index (χ3v) is 3.39. The van der Waals surface area contributed by atoms with Crippen LogP contribution in [0.15, 0.2) is 0 Å². The maximum atomic E-state index is 11.9. The van der Waals surface area contributed by atoms with E-state index in [0.717, 1.165) is 32.6 Å². The summed E-state index contributed by atoms with van der Waals surface area (Å²) in [7, 11) is 0. The molecule has 1 rings (SSSR count). The Labute approximate surface area is 105 Å². The van der Waals surface area contributed by atoms with Crippen LogP contribution < -0.4 is 5.73 Å². The molecule has 0 radical (unpaired) electrons. The van der Waals surface area contributed by atoms with Gasteiger partial charge in [-0.25, -0.2) is 0 Å². The van der Waals surface area contributed by atoms with Crippen LogP contribution in [0, 0.1) is 0 Å². The van der Waals surface area contributed by atoms with Gasteiger partial charge < -0.3 is 10.6 Å². The fourth-order valence-electron chi connectivity index (χ4n) is 2.14. The van der Waals surface area contributed by atoms with Crippen molar-refractivity contribution in [3.05, 3.63) is 0 Å². The van der Waals surface area contributed by atoms with Crippen LogP contribution in [0.4, 0.5) is 0 Å². The number of carbonyl (C=O) groups excluding carboxylic acids is 1. The summed E-state index contributed by atoms with van der Waals surface area (Å²) in [4.78, 5) is 16.3. The highest BCUT2D eigenvalue weighted by Crippen LogP contribution is 2.16. The Morgan fingerprint density at radius 1 is 1.24 bits per heavy atom. The van der Waals surface area contributed by atoms with Gasteiger partial charge in [0.1, 0.15) is 0 Å². The number of rotatable bonds is 3. The minimum atomic E-state index is 0.120. The summed E-state index contributed by atoms with van der Waals surface area (Å²) in [5.41, 5.74) is 5.88. The molecule has 1 unspecified atom stereocenters. The molecule has 0 aromatic heterocycles. The zero-order chi connectivity index (χ0) is 13.1. The summed E-state index contributed by atoms with van der Waals surface area (Å²) >= 11 is 0. The van der Waals surface area contributed by atoms with Crippen LogP contribution in [0.2, 0.25) is 0 Å². The first kappa shape index (κ1) is 14.5. The van der Waals surface area contributed by atoms with Crippen molar-refractivity contribution in [1.82, 2.24) is 9.80 Å². The van der Waals surface area contributed by atoms with Crippen molar-refractivity contribution in [2.45, 2.75) is 52.1 Å². The molecule has 1 heterocycles. The molecular formula is C13H27N3O. The van der Waals surface area contributed by atoms with Gasteiger partial charge in [-0.2, -0.15) is 0 Å². The molecule has 0 aromatic carbocycles. The Morgan fingerprint density at radius 2 is 1.76 bits per heavy atom. The number of nitrogens with zero attached hydrogens (tertiary/aromatic N) is 2. The molecule has 1 fully saturated rings. The number of carbonyl (C=O) groups is 1. The molecule has 1 aliphatic heterocycles. The Kier molecular flexibility index (Phi) is 4.95. The van der Waals surface area contributed by atoms with Gasteiger partial charge >= 0.3 is 0 Å². The summed E-state index contributed by atoms with van der Waals surface area (Å²) in [6.07, 6.45) is 1.38. The number of nitrogens with two attached hydrogens (primary N) is 1. The van der Waals surface area contributed by atoms with Gasteiger partial charge in [0.2, 0.25) is 5.91 Å². The van der Waals surface area contributed by atoms with E-state index in [4.69, 9.17) is 5.73 Å². The monoisotopic (exact) mass is 241 g/mol. The maximum absolute atomic E-state index is 11.9. The first-order valence-corrected chi connectivity index (χ1v) is 6.59. The van der Waals surface area contributed by atoms with Crippen molar-refractivity contribution in [2.75, 3.05) is 26.2 Å². The van der Waals surface area contributed by atoms with E-state index >= 15 is 0 Å². The van der Waals surface area contributed by atoms with E-state index in [0.29, 0.717) is 6.42 Å².